The first-order chi connectivity index (χ1) is 8.83. The molecule has 0 amide bonds. The molecular formula is C15H13N3. The Morgan fingerprint density at radius 1 is 0.889 bits per heavy atom. The van der Waals surface area contributed by atoms with Gasteiger partial charge >= 0.3 is 0 Å². The molecule has 0 spiro atoms. The molecule has 3 rings (SSSR count). The first kappa shape index (κ1) is 10.6. The maximum Gasteiger partial charge on any atom is 0.0936 e. The summed E-state index contributed by atoms with van der Waals surface area (Å²) >= 11 is 0. The van der Waals surface area contributed by atoms with E-state index in [1.807, 2.05) is 42.5 Å². The molecule has 0 aliphatic heterocycles. The zero-order valence-electron chi connectivity index (χ0n) is 9.80. The van der Waals surface area contributed by atoms with Crippen LogP contribution in [0.1, 0.15) is 0 Å². The summed E-state index contributed by atoms with van der Waals surface area (Å²) in [6.45, 7) is 0. The Kier molecular flexibility index (Phi) is 2.57. The van der Waals surface area contributed by atoms with Gasteiger partial charge in [0.1, 0.15) is 0 Å². The minimum absolute atomic E-state index is 0.761. The molecule has 0 unspecified atom stereocenters. The first-order valence-corrected chi connectivity index (χ1v) is 5.79. The fourth-order valence-electron chi connectivity index (χ4n) is 1.93. The largest absolute Gasteiger partial charge is 0.399 e. The van der Waals surface area contributed by atoms with E-state index in [0.29, 0.717) is 0 Å². The van der Waals surface area contributed by atoms with Crippen LogP contribution in [0, 0.1) is 0 Å². The highest BCUT2D eigenvalue weighted by Gasteiger charge is 2.01. The molecule has 1 aromatic heterocycles. The Morgan fingerprint density at radius 2 is 1.67 bits per heavy atom. The van der Waals surface area contributed by atoms with Gasteiger partial charge in [-0.2, -0.15) is 0 Å². The van der Waals surface area contributed by atoms with E-state index in [-0.39, 0.29) is 0 Å². The van der Waals surface area contributed by atoms with Gasteiger partial charge in [-0.1, -0.05) is 18.2 Å². The number of hydrogen-bond donors (Lipinski definition) is 2. The van der Waals surface area contributed by atoms with E-state index in [1.54, 1.807) is 6.20 Å². The summed E-state index contributed by atoms with van der Waals surface area (Å²) in [6.07, 6.45) is 1.80. The summed E-state index contributed by atoms with van der Waals surface area (Å²) in [5, 5.41) is 4.48. The van der Waals surface area contributed by atoms with Crippen molar-refractivity contribution in [3.05, 3.63) is 60.8 Å². The van der Waals surface area contributed by atoms with Gasteiger partial charge in [0.25, 0.3) is 0 Å². The molecule has 88 valence electrons. The van der Waals surface area contributed by atoms with Crippen LogP contribution in [0.15, 0.2) is 60.8 Å². The van der Waals surface area contributed by atoms with Crippen LogP contribution in [0.5, 0.6) is 0 Å². The van der Waals surface area contributed by atoms with Crippen LogP contribution in [0.3, 0.4) is 0 Å². The average Bonchev–Trinajstić information content (AvgIpc) is 2.42. The topological polar surface area (TPSA) is 50.9 Å². The van der Waals surface area contributed by atoms with Crippen LogP contribution in [0.25, 0.3) is 10.9 Å². The molecule has 0 saturated heterocycles. The number of nitrogens with one attached hydrogen (secondary N) is 1. The van der Waals surface area contributed by atoms with E-state index < -0.39 is 0 Å². The zero-order valence-corrected chi connectivity index (χ0v) is 9.80. The maximum atomic E-state index is 5.67. The third kappa shape index (κ3) is 1.98. The smallest absolute Gasteiger partial charge is 0.0936 e. The fourth-order valence-corrected chi connectivity index (χ4v) is 1.93. The molecule has 0 saturated carbocycles. The molecule has 18 heavy (non-hydrogen) atoms. The van der Waals surface area contributed by atoms with Gasteiger partial charge < -0.3 is 11.1 Å². The van der Waals surface area contributed by atoms with Crippen LogP contribution >= 0.6 is 0 Å². The van der Waals surface area contributed by atoms with E-state index in [2.05, 4.69) is 22.4 Å². The number of nitrogen functional groups attached to an aromatic ring is 1. The molecule has 2 aromatic carbocycles. The standard InChI is InChI=1S/C15H13N3/c16-12-6-8-13(9-7-12)18-14-5-1-3-11-4-2-10-17-15(11)14/h1-10,18H,16H2. The third-order valence-electron chi connectivity index (χ3n) is 2.82. The summed E-state index contributed by atoms with van der Waals surface area (Å²) < 4.78 is 0. The van der Waals surface area contributed by atoms with Gasteiger partial charge in [-0.15, -0.1) is 0 Å². The number of fused-ring (bicyclic) bond motifs is 1. The quantitative estimate of drug-likeness (QED) is 0.668. The molecule has 0 radical (unpaired) electrons. The second kappa shape index (κ2) is 4.37. The van der Waals surface area contributed by atoms with Crippen LogP contribution in [-0.4, -0.2) is 4.98 Å². The van der Waals surface area contributed by atoms with Gasteiger partial charge in [0.05, 0.1) is 11.2 Å². The van der Waals surface area contributed by atoms with Crippen molar-refractivity contribution >= 4 is 28.0 Å². The van der Waals surface area contributed by atoms with E-state index in [1.165, 1.54) is 0 Å². The summed E-state index contributed by atoms with van der Waals surface area (Å²) in [5.41, 5.74) is 9.40. The molecule has 3 aromatic rings. The van der Waals surface area contributed by atoms with E-state index in [9.17, 15) is 0 Å². The van der Waals surface area contributed by atoms with Crippen LogP contribution in [0.2, 0.25) is 0 Å². The van der Waals surface area contributed by atoms with Crippen molar-refractivity contribution in [1.82, 2.24) is 4.98 Å². The molecular weight excluding hydrogens is 222 g/mol. The predicted octanol–water partition coefficient (Wildman–Crippen LogP) is 3.56. The molecule has 0 fully saturated rings. The number of nitrogens with two attached hydrogens (primary N) is 1. The van der Waals surface area contributed by atoms with Crippen LogP contribution < -0.4 is 11.1 Å². The van der Waals surface area contributed by atoms with Crippen molar-refractivity contribution in [3.8, 4) is 0 Å². The van der Waals surface area contributed by atoms with Gasteiger partial charge in [-0.05, 0) is 36.4 Å². The van der Waals surface area contributed by atoms with Crippen molar-refractivity contribution in [1.29, 1.82) is 0 Å². The van der Waals surface area contributed by atoms with Crippen molar-refractivity contribution in [2.45, 2.75) is 0 Å². The van der Waals surface area contributed by atoms with Crippen molar-refractivity contribution < 1.29 is 0 Å². The SMILES string of the molecule is Nc1ccc(Nc2cccc3cccnc23)cc1. The number of hydrogen-bond acceptors (Lipinski definition) is 3. The molecule has 3 N–H and O–H groups in total. The Labute approximate surface area is 105 Å². The summed E-state index contributed by atoms with van der Waals surface area (Å²) in [7, 11) is 0. The lowest BCUT2D eigenvalue weighted by Crippen LogP contribution is -1.93. The summed E-state index contributed by atoms with van der Waals surface area (Å²) in [6, 6.07) is 17.7. The lowest BCUT2D eigenvalue weighted by atomic mass is 10.2. The van der Waals surface area contributed by atoms with E-state index in [4.69, 9.17) is 5.73 Å². The normalized spacial score (nSPS) is 10.4. The van der Waals surface area contributed by atoms with Gasteiger partial charge in [-0.3, -0.25) is 4.98 Å². The molecule has 0 atom stereocenters. The zero-order chi connectivity index (χ0) is 12.4. The van der Waals surface area contributed by atoms with E-state index >= 15 is 0 Å². The molecule has 3 nitrogen and oxygen atoms in total. The second-order valence-corrected chi connectivity index (χ2v) is 4.13. The monoisotopic (exact) mass is 235 g/mol. The molecule has 0 aliphatic rings. The number of para-hydroxylation sites is 1. The highest BCUT2D eigenvalue weighted by molar-refractivity contribution is 5.91. The van der Waals surface area contributed by atoms with Gasteiger partial charge in [0.2, 0.25) is 0 Å². The number of anilines is 3. The highest BCUT2D eigenvalue weighted by atomic mass is 14.9. The Morgan fingerprint density at radius 3 is 2.50 bits per heavy atom. The first-order valence-electron chi connectivity index (χ1n) is 5.79. The van der Waals surface area contributed by atoms with Gasteiger partial charge in [-0.25, -0.2) is 0 Å². The predicted molar refractivity (Wildman–Crippen MR) is 75.9 cm³/mol. The average molecular weight is 235 g/mol. The van der Waals surface area contributed by atoms with Crippen LogP contribution in [-0.2, 0) is 0 Å². The van der Waals surface area contributed by atoms with Gasteiger partial charge in [0.15, 0.2) is 0 Å². The highest BCUT2D eigenvalue weighted by Crippen LogP contribution is 2.24. The minimum atomic E-state index is 0.761. The maximum absolute atomic E-state index is 5.67. The molecule has 0 bridgehead atoms. The second-order valence-electron chi connectivity index (χ2n) is 4.13. The Balaban J connectivity index is 2.02. The molecule has 1 heterocycles. The van der Waals surface area contributed by atoms with Crippen LogP contribution in [0.4, 0.5) is 17.1 Å². The lowest BCUT2D eigenvalue weighted by Gasteiger charge is -2.09. The number of benzene rings is 2. The van der Waals surface area contributed by atoms with Gasteiger partial charge in [0, 0.05) is 23.0 Å². The minimum Gasteiger partial charge on any atom is -0.399 e. The van der Waals surface area contributed by atoms with Crippen molar-refractivity contribution in [2.24, 2.45) is 0 Å². The number of aromatic nitrogens is 1. The summed E-state index contributed by atoms with van der Waals surface area (Å²) in [4.78, 5) is 4.41. The molecule has 3 heteroatoms. The third-order valence-corrected chi connectivity index (χ3v) is 2.82. The Bertz CT molecular complexity index is 669. The number of pyridine rings is 1. The van der Waals surface area contributed by atoms with E-state index in [0.717, 1.165) is 28.0 Å². The van der Waals surface area contributed by atoms with Crippen molar-refractivity contribution in [2.75, 3.05) is 11.1 Å². The lowest BCUT2D eigenvalue weighted by molar-refractivity contribution is 1.40. The molecule has 0 aliphatic carbocycles. The number of nitrogens with zero attached hydrogens (tertiary/aromatic N) is 1. The Hall–Kier alpha value is -2.55. The fraction of sp³-hybridized carbons (Fsp3) is 0. The summed E-state index contributed by atoms with van der Waals surface area (Å²) in [5.74, 6) is 0. The van der Waals surface area contributed by atoms with Crippen molar-refractivity contribution in [3.63, 3.8) is 0 Å². The number of rotatable bonds is 2.